The zero-order valence-electron chi connectivity index (χ0n) is 14.7. The SMILES string of the molecule is C[C@@H]1CCCC[C@]12NC(=O)N(CC(=O)N(C)[C@@H]1CCS(=O)(=O)C1)C2=O. The molecule has 3 aliphatic rings. The van der Waals surface area contributed by atoms with Gasteiger partial charge in [-0.3, -0.25) is 14.5 Å². The third-order valence-corrected chi connectivity index (χ3v) is 7.69. The van der Waals surface area contributed by atoms with Crippen molar-refractivity contribution in [2.24, 2.45) is 5.92 Å². The normalized spacial score (nSPS) is 34.4. The fraction of sp³-hybridized carbons (Fsp3) is 0.812. The number of sulfone groups is 1. The van der Waals surface area contributed by atoms with Crippen LogP contribution in [0.1, 0.15) is 39.0 Å². The van der Waals surface area contributed by atoms with E-state index in [1.54, 1.807) is 0 Å². The maximum Gasteiger partial charge on any atom is 0.325 e. The molecule has 1 N–H and O–H groups in total. The molecule has 2 aliphatic heterocycles. The molecule has 2 heterocycles. The van der Waals surface area contributed by atoms with Gasteiger partial charge in [0, 0.05) is 13.1 Å². The molecule has 140 valence electrons. The zero-order valence-corrected chi connectivity index (χ0v) is 15.5. The quantitative estimate of drug-likeness (QED) is 0.711. The second kappa shape index (κ2) is 6.26. The Kier molecular flexibility index (Phi) is 4.55. The lowest BCUT2D eigenvalue weighted by molar-refractivity contribution is -0.140. The van der Waals surface area contributed by atoms with Crippen LogP contribution in [0.15, 0.2) is 0 Å². The molecular weight excluding hydrogens is 346 g/mol. The van der Waals surface area contributed by atoms with Crippen molar-refractivity contribution in [1.82, 2.24) is 15.1 Å². The summed E-state index contributed by atoms with van der Waals surface area (Å²) in [6.07, 6.45) is 3.77. The van der Waals surface area contributed by atoms with Crippen LogP contribution in [-0.4, -0.2) is 72.7 Å². The monoisotopic (exact) mass is 371 g/mol. The minimum Gasteiger partial charge on any atom is -0.340 e. The zero-order chi connectivity index (χ0) is 18.4. The van der Waals surface area contributed by atoms with Gasteiger partial charge < -0.3 is 10.2 Å². The summed E-state index contributed by atoms with van der Waals surface area (Å²) in [5.74, 6) is -0.692. The molecule has 1 spiro atoms. The predicted octanol–water partition coefficient (Wildman–Crippen LogP) is 0.133. The van der Waals surface area contributed by atoms with Crippen LogP contribution >= 0.6 is 0 Å². The van der Waals surface area contributed by atoms with Gasteiger partial charge in [-0.05, 0) is 25.2 Å². The van der Waals surface area contributed by atoms with E-state index in [1.165, 1.54) is 11.9 Å². The first-order valence-electron chi connectivity index (χ1n) is 8.76. The van der Waals surface area contributed by atoms with Crippen molar-refractivity contribution in [2.45, 2.75) is 50.6 Å². The third kappa shape index (κ3) is 3.14. The van der Waals surface area contributed by atoms with E-state index in [9.17, 15) is 22.8 Å². The number of carbonyl (C=O) groups excluding carboxylic acids is 3. The Morgan fingerprint density at radius 1 is 1.32 bits per heavy atom. The van der Waals surface area contributed by atoms with Gasteiger partial charge in [0.15, 0.2) is 9.84 Å². The molecular formula is C16H25N3O5S. The molecule has 9 heteroatoms. The van der Waals surface area contributed by atoms with Crippen LogP contribution in [0, 0.1) is 5.92 Å². The minimum atomic E-state index is -3.11. The highest BCUT2D eigenvalue weighted by Gasteiger charge is 2.55. The van der Waals surface area contributed by atoms with Gasteiger partial charge in [-0.2, -0.15) is 0 Å². The molecule has 25 heavy (non-hydrogen) atoms. The highest BCUT2D eigenvalue weighted by molar-refractivity contribution is 7.91. The highest BCUT2D eigenvalue weighted by atomic mass is 32.2. The average molecular weight is 371 g/mol. The number of urea groups is 1. The molecule has 0 aromatic carbocycles. The summed E-state index contributed by atoms with van der Waals surface area (Å²) >= 11 is 0. The van der Waals surface area contributed by atoms with Crippen LogP contribution < -0.4 is 5.32 Å². The molecule has 3 atom stereocenters. The number of imide groups is 1. The smallest absolute Gasteiger partial charge is 0.325 e. The number of nitrogens with one attached hydrogen (secondary N) is 1. The Bertz CT molecular complexity index is 707. The summed E-state index contributed by atoms with van der Waals surface area (Å²) in [6, 6.07) is -0.916. The Balaban J connectivity index is 1.69. The highest BCUT2D eigenvalue weighted by Crippen LogP contribution is 2.38. The maximum absolute atomic E-state index is 12.9. The summed E-state index contributed by atoms with van der Waals surface area (Å²) in [6.45, 7) is 1.62. The number of hydrogen-bond donors (Lipinski definition) is 1. The minimum absolute atomic E-state index is 0.0375. The van der Waals surface area contributed by atoms with Crippen molar-refractivity contribution < 1.29 is 22.8 Å². The van der Waals surface area contributed by atoms with Gasteiger partial charge in [0.25, 0.3) is 5.91 Å². The fourth-order valence-electron chi connectivity index (χ4n) is 4.17. The second-order valence-corrected chi connectivity index (χ2v) is 9.73. The number of likely N-dealkylation sites (N-methyl/N-ethyl adjacent to an activating group) is 1. The lowest BCUT2D eigenvalue weighted by Gasteiger charge is -2.36. The Labute approximate surface area is 147 Å². The van der Waals surface area contributed by atoms with Crippen molar-refractivity contribution in [1.29, 1.82) is 0 Å². The first-order valence-corrected chi connectivity index (χ1v) is 10.6. The van der Waals surface area contributed by atoms with Gasteiger partial charge in [0.2, 0.25) is 5.91 Å². The lowest BCUT2D eigenvalue weighted by Crippen LogP contribution is -2.54. The summed E-state index contributed by atoms with van der Waals surface area (Å²) in [5.41, 5.74) is -0.884. The summed E-state index contributed by atoms with van der Waals surface area (Å²) in [5, 5.41) is 2.82. The van der Waals surface area contributed by atoms with Crippen LogP contribution in [0.3, 0.4) is 0 Å². The lowest BCUT2D eigenvalue weighted by atomic mass is 9.73. The van der Waals surface area contributed by atoms with Gasteiger partial charge in [0.05, 0.1) is 11.5 Å². The van der Waals surface area contributed by atoms with Crippen LogP contribution in [0.4, 0.5) is 4.79 Å². The van der Waals surface area contributed by atoms with Crippen molar-refractivity contribution in [3.05, 3.63) is 0 Å². The van der Waals surface area contributed by atoms with Crippen molar-refractivity contribution in [3.8, 4) is 0 Å². The van der Waals surface area contributed by atoms with Crippen molar-refractivity contribution in [3.63, 3.8) is 0 Å². The molecule has 0 aromatic heterocycles. The maximum atomic E-state index is 12.9. The van der Waals surface area contributed by atoms with E-state index in [0.29, 0.717) is 12.8 Å². The first kappa shape index (κ1) is 18.2. The van der Waals surface area contributed by atoms with E-state index in [1.807, 2.05) is 6.92 Å². The van der Waals surface area contributed by atoms with Gasteiger partial charge in [-0.15, -0.1) is 0 Å². The third-order valence-electron chi connectivity index (χ3n) is 5.94. The number of rotatable bonds is 3. The van der Waals surface area contributed by atoms with Crippen LogP contribution in [0.2, 0.25) is 0 Å². The second-order valence-electron chi connectivity index (χ2n) is 7.50. The number of hydrogen-bond acceptors (Lipinski definition) is 5. The van der Waals surface area contributed by atoms with Gasteiger partial charge in [0.1, 0.15) is 12.1 Å². The van der Waals surface area contributed by atoms with E-state index in [0.717, 1.165) is 24.2 Å². The molecule has 4 amide bonds. The predicted molar refractivity (Wildman–Crippen MR) is 90.4 cm³/mol. The van der Waals surface area contributed by atoms with E-state index in [2.05, 4.69) is 5.32 Å². The van der Waals surface area contributed by atoms with Gasteiger partial charge >= 0.3 is 6.03 Å². The molecule has 8 nitrogen and oxygen atoms in total. The molecule has 2 saturated heterocycles. The topological polar surface area (TPSA) is 104 Å². The molecule has 0 radical (unpaired) electrons. The van der Waals surface area contributed by atoms with E-state index >= 15 is 0 Å². The molecule has 1 saturated carbocycles. The standard InChI is InChI=1S/C16H25N3O5S/c1-11-5-3-4-7-16(11)14(21)19(15(22)17-16)9-13(20)18(2)12-6-8-25(23,24)10-12/h11-12H,3-10H2,1-2H3,(H,17,22)/t11-,12-,16+/m1/s1. The summed E-state index contributed by atoms with van der Waals surface area (Å²) in [7, 11) is -1.57. The Morgan fingerprint density at radius 3 is 2.64 bits per heavy atom. The van der Waals surface area contributed by atoms with Crippen LogP contribution in [0.25, 0.3) is 0 Å². The van der Waals surface area contributed by atoms with Crippen molar-refractivity contribution >= 4 is 27.7 Å². The molecule has 0 bridgehead atoms. The molecule has 3 fully saturated rings. The fourth-order valence-corrected chi connectivity index (χ4v) is 5.94. The van der Waals surface area contributed by atoms with E-state index in [4.69, 9.17) is 0 Å². The molecule has 1 aliphatic carbocycles. The van der Waals surface area contributed by atoms with Crippen LogP contribution in [-0.2, 0) is 19.4 Å². The first-order chi connectivity index (χ1) is 11.7. The number of nitrogens with zero attached hydrogens (tertiary/aromatic N) is 2. The molecule has 0 unspecified atom stereocenters. The van der Waals surface area contributed by atoms with Gasteiger partial charge in [-0.25, -0.2) is 13.2 Å². The number of carbonyl (C=O) groups is 3. The van der Waals surface area contributed by atoms with Crippen LogP contribution in [0.5, 0.6) is 0 Å². The van der Waals surface area contributed by atoms with E-state index in [-0.39, 0.29) is 35.9 Å². The Morgan fingerprint density at radius 2 is 2.04 bits per heavy atom. The summed E-state index contributed by atoms with van der Waals surface area (Å²) in [4.78, 5) is 40.0. The molecule has 0 aromatic rings. The summed E-state index contributed by atoms with van der Waals surface area (Å²) < 4.78 is 23.2. The number of amides is 4. The molecule has 3 rings (SSSR count). The van der Waals surface area contributed by atoms with Gasteiger partial charge in [-0.1, -0.05) is 19.8 Å². The average Bonchev–Trinajstić information content (AvgIpc) is 3.02. The van der Waals surface area contributed by atoms with E-state index < -0.39 is 27.3 Å². The van der Waals surface area contributed by atoms with Crippen molar-refractivity contribution in [2.75, 3.05) is 25.1 Å². The largest absolute Gasteiger partial charge is 0.340 e. The Hall–Kier alpha value is -1.64.